The van der Waals surface area contributed by atoms with Crippen molar-refractivity contribution in [3.63, 3.8) is 0 Å². The minimum Gasteiger partial charge on any atom is -0.744 e. The van der Waals surface area contributed by atoms with E-state index in [0.29, 0.717) is 18.6 Å². The van der Waals surface area contributed by atoms with Gasteiger partial charge < -0.3 is 25.0 Å². The van der Waals surface area contributed by atoms with Gasteiger partial charge in [-0.05, 0) is 53.4 Å². The summed E-state index contributed by atoms with van der Waals surface area (Å²) in [6.07, 6.45) is 11.6. The topological polar surface area (TPSA) is 185 Å². The van der Waals surface area contributed by atoms with E-state index in [9.17, 15) is 49.7 Å². The molecule has 2 saturated heterocycles. The van der Waals surface area contributed by atoms with Gasteiger partial charge in [0, 0.05) is 37.3 Å². The van der Waals surface area contributed by atoms with E-state index in [4.69, 9.17) is 6.48 Å². The molecule has 1 aromatic rings. The molecule has 0 radical (unpaired) electrons. The fourth-order valence-electron chi connectivity index (χ4n) is 5.69. The molecule has 19 heteroatoms. The predicted octanol–water partition coefficient (Wildman–Crippen LogP) is -0.0847. The second kappa shape index (κ2) is 23.0. The molecule has 0 saturated carbocycles. The number of amides is 2. The zero-order valence-corrected chi connectivity index (χ0v) is 32.2. The first kappa shape index (κ1) is 46.2. The van der Waals surface area contributed by atoms with Crippen molar-refractivity contribution >= 4 is 33.9 Å². The fourth-order valence-corrected chi connectivity index (χ4v) is 6.31. The van der Waals surface area contributed by atoms with Crippen LogP contribution in [-0.2, 0) is 29.3 Å². The number of aliphatic carboxylic acids is 1. The van der Waals surface area contributed by atoms with Crippen molar-refractivity contribution in [2.75, 3.05) is 26.2 Å². The predicted molar refractivity (Wildman–Crippen MR) is 172 cm³/mol. The summed E-state index contributed by atoms with van der Waals surface area (Å²) in [4.78, 5) is 47.6. The molecular formula is C32H45F4N4NaO9S. The molecule has 3 rings (SSSR count). The Labute approximate surface area is 319 Å². The molecular weight excluding hydrogens is 715 g/mol. The first-order chi connectivity index (χ1) is 23.8. The van der Waals surface area contributed by atoms with E-state index in [1.54, 1.807) is 0 Å². The van der Waals surface area contributed by atoms with E-state index in [1.165, 1.54) is 12.8 Å². The standard InChI is InChI=1S/C18H22F4N2O6S.C12H22N2O3.C2H2.Na/c1-9-4-3-5-10(2)24(9)8-11(25)23-7-6-12(26)30-17-13(19)15(21)18(31(27,28)29)16(22)14(17)20;1-9-4-3-5-10(2)14(9)8-11(15)13-7-6-12(16)17;1-2;/h9-10H,3-8H2,1-2H3,(H,23,25)(H,27,28,29);9-10H,3-8H2,1-2H3,(H,13,15)(H,16,17);1-2H;/q;;;+1/p-1/t2*9-,10+;;/i;;1D;. The van der Waals surface area contributed by atoms with Crippen LogP contribution in [0.1, 0.15) is 80.4 Å². The number of likely N-dealkylation sites (tertiary alicyclic amines) is 2. The van der Waals surface area contributed by atoms with E-state index in [1.807, 2.05) is 18.7 Å². The van der Waals surface area contributed by atoms with Crippen LogP contribution in [0.3, 0.4) is 0 Å². The summed E-state index contributed by atoms with van der Waals surface area (Å²) in [5, 5.41) is 13.5. The van der Waals surface area contributed by atoms with Crippen LogP contribution < -0.4 is 44.9 Å². The first-order valence-electron chi connectivity index (χ1n) is 16.4. The van der Waals surface area contributed by atoms with Crippen LogP contribution in [0.25, 0.3) is 0 Å². The number of ether oxygens (including phenoxy) is 1. The summed E-state index contributed by atoms with van der Waals surface area (Å²) in [5.74, 6) is -14.2. The van der Waals surface area contributed by atoms with E-state index in [-0.39, 0.29) is 73.6 Å². The quantitative estimate of drug-likeness (QED) is 0.0492. The van der Waals surface area contributed by atoms with Crippen molar-refractivity contribution in [3.05, 3.63) is 23.3 Å². The molecule has 0 aromatic heterocycles. The average molecular weight is 762 g/mol. The number of piperidine rings is 2. The van der Waals surface area contributed by atoms with Crippen molar-refractivity contribution in [1.82, 2.24) is 20.4 Å². The van der Waals surface area contributed by atoms with Crippen molar-refractivity contribution in [2.45, 2.75) is 108 Å². The Hall–Kier alpha value is -2.79. The Morgan fingerprint density at radius 3 is 1.51 bits per heavy atom. The van der Waals surface area contributed by atoms with Crippen LogP contribution in [0, 0.1) is 36.1 Å². The minimum atomic E-state index is -5.87. The number of hydrogen-bond donors (Lipinski definition) is 3. The van der Waals surface area contributed by atoms with Crippen LogP contribution in [0.2, 0.25) is 0 Å². The molecule has 4 atom stereocenters. The largest absolute Gasteiger partial charge is 1.00 e. The Morgan fingerprint density at radius 1 is 0.824 bits per heavy atom. The number of nitrogens with zero attached hydrogens (tertiary/aromatic N) is 2. The Balaban J connectivity index is 0.00000105. The van der Waals surface area contributed by atoms with Gasteiger partial charge in [-0.1, -0.05) is 12.8 Å². The van der Waals surface area contributed by atoms with Gasteiger partial charge in [0.25, 0.3) is 0 Å². The molecule has 2 heterocycles. The number of benzene rings is 1. The van der Waals surface area contributed by atoms with Crippen LogP contribution in [0.5, 0.6) is 5.75 Å². The fraction of sp³-hybridized carbons (Fsp3) is 0.625. The van der Waals surface area contributed by atoms with Crippen molar-refractivity contribution in [1.29, 1.82) is 0 Å². The third kappa shape index (κ3) is 15.4. The molecule has 2 amide bonds. The smallest absolute Gasteiger partial charge is 0.744 e. The van der Waals surface area contributed by atoms with Crippen LogP contribution in [0.15, 0.2) is 4.90 Å². The van der Waals surface area contributed by atoms with Crippen LogP contribution >= 0.6 is 0 Å². The molecule has 2 fully saturated rings. The number of halogens is 4. The number of carbonyl (C=O) groups excluding carboxylic acids is 3. The zero-order valence-electron chi connectivity index (χ0n) is 30.4. The van der Waals surface area contributed by atoms with Gasteiger partial charge in [-0.2, -0.15) is 8.78 Å². The minimum absolute atomic E-state index is 0. The Morgan fingerprint density at radius 2 is 1.18 bits per heavy atom. The first-order valence-corrected chi connectivity index (χ1v) is 17.3. The number of carboxylic acid groups (broad SMARTS) is 1. The molecule has 2 aliphatic rings. The zero-order chi connectivity index (χ0) is 39.1. The maximum Gasteiger partial charge on any atom is 1.00 e. The molecule has 13 nitrogen and oxygen atoms in total. The van der Waals surface area contributed by atoms with E-state index in [2.05, 4.69) is 40.5 Å². The van der Waals surface area contributed by atoms with E-state index in [0.717, 1.165) is 32.1 Å². The van der Waals surface area contributed by atoms with Gasteiger partial charge in [-0.15, -0.1) is 12.8 Å². The van der Waals surface area contributed by atoms with Gasteiger partial charge in [-0.25, -0.2) is 17.2 Å². The molecule has 0 bridgehead atoms. The van der Waals surface area contributed by atoms with Gasteiger partial charge in [-0.3, -0.25) is 29.0 Å². The summed E-state index contributed by atoms with van der Waals surface area (Å²) in [6, 6.07) is 1.28. The summed E-state index contributed by atoms with van der Waals surface area (Å²) < 4.78 is 97.4. The molecule has 3 N–H and O–H groups in total. The number of carboxylic acids is 1. The van der Waals surface area contributed by atoms with Gasteiger partial charge in [0.05, 0.1) is 25.9 Å². The Kier molecular flexibility index (Phi) is 20.8. The van der Waals surface area contributed by atoms with Crippen LogP contribution in [-0.4, -0.2) is 102 Å². The number of hydrogen-bond acceptors (Lipinski definition) is 10. The molecule has 0 spiro atoms. The number of terminal acetylenes is 1. The monoisotopic (exact) mass is 761 g/mol. The van der Waals surface area contributed by atoms with Gasteiger partial charge in [0.15, 0.2) is 11.6 Å². The SMILES string of the molecule is C[C@@H]1CCC[C@H](C)N1CC(=O)NCCC(=O)O.C[C@@H]1CCC[C@H](C)N1CC(=O)NCCC(=O)Oc1c(F)c(F)c(S(=O)(=O)[O-])c(F)c1F.[2H]C#C.[Na+]. The summed E-state index contributed by atoms with van der Waals surface area (Å²) >= 11 is 0. The maximum absolute atomic E-state index is 13.8. The number of rotatable bonds is 12. The van der Waals surface area contributed by atoms with Crippen molar-refractivity contribution in [3.8, 4) is 18.6 Å². The third-order valence-electron chi connectivity index (χ3n) is 8.37. The van der Waals surface area contributed by atoms with E-state index < -0.39 is 68.3 Å². The van der Waals surface area contributed by atoms with Crippen LogP contribution in [0.4, 0.5) is 17.6 Å². The summed E-state index contributed by atoms with van der Waals surface area (Å²) in [6.45, 7) is 8.65. The summed E-state index contributed by atoms with van der Waals surface area (Å²) in [7, 11) is -5.87. The number of esters is 1. The molecule has 51 heavy (non-hydrogen) atoms. The van der Waals surface area contributed by atoms with Gasteiger partial charge in [0.1, 0.15) is 16.4 Å². The van der Waals surface area contributed by atoms with Crippen molar-refractivity contribution in [2.24, 2.45) is 0 Å². The molecule has 1 aromatic carbocycles. The molecule has 2 aliphatic heterocycles. The molecule has 0 unspecified atom stereocenters. The third-order valence-corrected chi connectivity index (χ3v) is 9.22. The van der Waals surface area contributed by atoms with Gasteiger partial charge in [0.2, 0.25) is 29.2 Å². The Bertz CT molecular complexity index is 1490. The summed E-state index contributed by atoms with van der Waals surface area (Å²) in [5.41, 5.74) is 0. The van der Waals surface area contributed by atoms with E-state index >= 15 is 0 Å². The molecule has 282 valence electrons. The normalized spacial score (nSPS) is 20.7. The second-order valence-corrected chi connectivity index (χ2v) is 13.4. The number of carbonyl (C=O) groups is 4. The maximum atomic E-state index is 13.8. The molecule has 0 aliphatic carbocycles. The van der Waals surface area contributed by atoms with Crippen molar-refractivity contribution < 1.29 is 90.5 Å². The number of nitrogens with one attached hydrogen (secondary N) is 2. The average Bonchev–Trinajstić information content (AvgIpc) is 3.02. The second-order valence-electron chi connectivity index (χ2n) is 12.0. The van der Waals surface area contributed by atoms with Gasteiger partial charge >= 0.3 is 41.5 Å².